The van der Waals surface area contributed by atoms with Gasteiger partial charge in [0, 0.05) is 113 Å². The second-order valence-corrected chi connectivity index (χ2v) is 37.7. The van der Waals surface area contributed by atoms with Crippen LogP contribution in [0.25, 0.3) is 296 Å². The van der Waals surface area contributed by atoms with Crippen molar-refractivity contribution in [1.29, 1.82) is 0 Å². The van der Waals surface area contributed by atoms with Crippen LogP contribution in [0.5, 0.6) is 0 Å². The summed E-state index contributed by atoms with van der Waals surface area (Å²) in [6.45, 7) is 0. The zero-order valence-corrected chi connectivity index (χ0v) is 78.1. The Morgan fingerprint density at radius 1 is 0.132 bits per heavy atom. The number of hydrogen-bond acceptors (Lipinski definition) is 12. The molecule has 0 atom stereocenters. The van der Waals surface area contributed by atoms with Crippen molar-refractivity contribution in [2.75, 3.05) is 0 Å². The Hall–Kier alpha value is -19.1. The topological polar surface area (TPSA) is 143 Å². The number of rotatable bonds is 8. The van der Waals surface area contributed by atoms with E-state index in [1.807, 2.05) is 121 Å². The first-order chi connectivity index (χ1) is 71.3. The van der Waals surface area contributed by atoms with E-state index in [1.165, 1.54) is 36.3 Å². The van der Waals surface area contributed by atoms with Crippen molar-refractivity contribution in [2.45, 2.75) is 0 Å². The van der Waals surface area contributed by atoms with Gasteiger partial charge in [-0.25, -0.2) is 39.9 Å². The molecule has 670 valence electrons. The summed E-state index contributed by atoms with van der Waals surface area (Å²) >= 11 is 1.86. The maximum absolute atomic E-state index is 6.12. The van der Waals surface area contributed by atoms with E-state index in [2.05, 4.69) is 364 Å². The molecule has 0 fully saturated rings. The number of benzene rings is 23. The van der Waals surface area contributed by atoms with Gasteiger partial charge in [0.2, 0.25) is 0 Å². The first-order valence-corrected chi connectivity index (χ1v) is 49.1. The van der Waals surface area contributed by atoms with Crippen LogP contribution in [0, 0.1) is 0 Å². The Kier molecular flexibility index (Phi) is 19.9. The number of furan rings is 3. The van der Waals surface area contributed by atoms with Gasteiger partial charge in [-0.15, -0.1) is 11.3 Å². The number of thiophene rings is 1. The molecule has 0 unspecified atom stereocenters. The summed E-state index contributed by atoms with van der Waals surface area (Å²) in [5.41, 5.74) is 28.3. The van der Waals surface area contributed by atoms with Gasteiger partial charge in [0.1, 0.15) is 33.5 Å². The van der Waals surface area contributed by atoms with Crippen LogP contribution in [0.15, 0.2) is 486 Å². The van der Waals surface area contributed by atoms with Gasteiger partial charge in [0.15, 0.2) is 0 Å². The van der Waals surface area contributed by atoms with Gasteiger partial charge in [0.05, 0.1) is 89.7 Å². The smallest absolute Gasteiger partial charge is 0.136 e. The van der Waals surface area contributed by atoms with Gasteiger partial charge in [-0.3, -0.25) is 0 Å². The maximum atomic E-state index is 6.12. The maximum Gasteiger partial charge on any atom is 0.136 e. The van der Waals surface area contributed by atoms with Gasteiger partial charge in [-0.2, -0.15) is 0 Å². The van der Waals surface area contributed by atoms with Crippen LogP contribution in [0.4, 0.5) is 0 Å². The zero-order valence-electron chi connectivity index (χ0n) is 77.2. The Labute approximate surface area is 827 Å². The van der Waals surface area contributed by atoms with Crippen LogP contribution in [0.1, 0.15) is 0 Å². The van der Waals surface area contributed by atoms with E-state index in [4.69, 9.17) is 53.1 Å². The molecule has 0 aliphatic rings. The third kappa shape index (κ3) is 14.7. The number of aromatic nitrogens is 8. The molecular weight excluding hydrogens is 1780 g/mol. The van der Waals surface area contributed by atoms with E-state index in [-0.39, 0.29) is 0 Å². The van der Waals surface area contributed by atoms with Crippen molar-refractivity contribution in [2.24, 2.45) is 0 Å². The summed E-state index contributed by atoms with van der Waals surface area (Å²) < 4.78 is 21.0. The van der Waals surface area contributed by atoms with Crippen LogP contribution in [0.2, 0.25) is 0 Å². The average Bonchev–Trinajstić information content (AvgIpc) is 1.50. The number of para-hydroxylation sites is 5. The largest absolute Gasteiger partial charge is 0.456 e. The van der Waals surface area contributed by atoms with E-state index < -0.39 is 0 Å². The van der Waals surface area contributed by atoms with Crippen molar-refractivity contribution in [3.63, 3.8) is 0 Å². The average molecular weight is 1860 g/mol. The predicted molar refractivity (Wildman–Crippen MR) is 599 cm³/mol. The second-order valence-electron chi connectivity index (χ2n) is 36.6. The highest BCUT2D eigenvalue weighted by molar-refractivity contribution is 7.25. The van der Waals surface area contributed by atoms with Crippen molar-refractivity contribution >= 4 is 217 Å². The van der Waals surface area contributed by atoms with Crippen LogP contribution in [-0.4, -0.2) is 39.9 Å². The van der Waals surface area contributed by atoms with Crippen molar-refractivity contribution < 1.29 is 13.3 Å². The Bertz CT molecular complexity index is 10300. The van der Waals surface area contributed by atoms with Crippen molar-refractivity contribution in [3.05, 3.63) is 473 Å². The number of fused-ring (bicyclic) bond motifs is 26. The number of hydrogen-bond donors (Lipinski definition) is 0. The summed E-state index contributed by atoms with van der Waals surface area (Å²) in [6.07, 6.45) is 0. The summed E-state index contributed by atoms with van der Waals surface area (Å²) in [4.78, 5) is 41.4. The first kappa shape index (κ1) is 83.1. The number of nitrogens with zero attached hydrogens (tertiary/aromatic N) is 8. The second kappa shape index (κ2) is 34.5. The van der Waals surface area contributed by atoms with Crippen LogP contribution >= 0.6 is 11.3 Å². The van der Waals surface area contributed by atoms with Gasteiger partial charge in [0.25, 0.3) is 0 Å². The molecule has 0 saturated carbocycles. The van der Waals surface area contributed by atoms with Gasteiger partial charge < -0.3 is 13.3 Å². The van der Waals surface area contributed by atoms with Gasteiger partial charge in [-0.05, 0) is 187 Å². The molecule has 0 N–H and O–H groups in total. The lowest BCUT2D eigenvalue weighted by molar-refractivity contribution is 0.669. The molecule has 144 heavy (non-hydrogen) atoms. The molecule has 31 aromatic rings. The fourth-order valence-corrected chi connectivity index (χ4v) is 22.0. The molecule has 23 aromatic carbocycles. The molecule has 0 saturated heterocycles. The molecule has 0 aliphatic heterocycles. The van der Waals surface area contributed by atoms with Gasteiger partial charge in [-0.1, -0.05) is 346 Å². The Balaban J connectivity index is 0.0000000935. The first-order valence-electron chi connectivity index (χ1n) is 48.3. The van der Waals surface area contributed by atoms with E-state index in [0.717, 1.165) is 259 Å². The Morgan fingerprint density at radius 2 is 0.389 bits per heavy atom. The fraction of sp³-hybridized carbons (Fsp3) is 0. The van der Waals surface area contributed by atoms with E-state index in [0.29, 0.717) is 0 Å². The molecule has 31 rings (SSSR count). The molecular formula is C132H78N8O3S. The molecule has 11 nitrogen and oxygen atoms in total. The highest BCUT2D eigenvalue weighted by atomic mass is 32.1. The lowest BCUT2D eigenvalue weighted by atomic mass is 9.99. The molecule has 12 heteroatoms. The molecule has 0 aliphatic carbocycles. The molecule has 0 amide bonds. The monoisotopic (exact) mass is 1850 g/mol. The summed E-state index contributed by atoms with van der Waals surface area (Å²) in [7, 11) is 0. The summed E-state index contributed by atoms with van der Waals surface area (Å²) in [5, 5.41) is 25.6. The zero-order chi connectivity index (χ0) is 94.8. The quantitative estimate of drug-likeness (QED) is 0.134. The van der Waals surface area contributed by atoms with Crippen molar-refractivity contribution in [1.82, 2.24) is 39.9 Å². The third-order valence-electron chi connectivity index (χ3n) is 27.9. The minimum Gasteiger partial charge on any atom is -0.456 e. The lowest BCUT2D eigenvalue weighted by Crippen LogP contribution is -1.96. The molecule has 0 radical (unpaired) electrons. The lowest BCUT2D eigenvalue weighted by Gasteiger charge is -2.13. The normalized spacial score (nSPS) is 11.8. The van der Waals surface area contributed by atoms with Crippen LogP contribution in [-0.2, 0) is 0 Å². The SMILES string of the molecule is c1ccc(-c2nc3c(ccc4ccccc43)nc2-c2ccc3cc4oc5ccccc5c4cc3c2)cc1.c1ccc(-c2nc3ccc4ccccc4c3nc2-c2ccc3cc4oc5ccccc5c4cc3c2)cc1.c1ccc(-c2nc3ccc4ccccc4c3nc2-c2ccc3cc4sc5ccccc5c4cc3c2)cc1.c1ccc(-c2nc3ccccc3nc2-c2ccc3cc4oc5ccccc5c4cc3c2)cc1. The predicted octanol–water partition coefficient (Wildman–Crippen LogP) is 36.0. The van der Waals surface area contributed by atoms with E-state index >= 15 is 0 Å². The molecule has 0 spiro atoms. The van der Waals surface area contributed by atoms with E-state index in [9.17, 15) is 0 Å². The third-order valence-corrected chi connectivity index (χ3v) is 29.0. The minimum atomic E-state index is 0.882. The molecule has 8 aromatic heterocycles. The highest BCUT2D eigenvalue weighted by Crippen LogP contribution is 2.46. The fourth-order valence-electron chi connectivity index (χ4n) is 20.8. The van der Waals surface area contributed by atoms with Crippen LogP contribution < -0.4 is 0 Å². The summed E-state index contributed by atoms with van der Waals surface area (Å²) in [6, 6.07) is 164. The highest BCUT2D eigenvalue weighted by Gasteiger charge is 2.24. The summed E-state index contributed by atoms with van der Waals surface area (Å²) in [5.74, 6) is 0. The Morgan fingerprint density at radius 3 is 0.743 bits per heavy atom. The van der Waals surface area contributed by atoms with Crippen LogP contribution in [0.3, 0.4) is 0 Å². The van der Waals surface area contributed by atoms with E-state index in [1.54, 1.807) is 0 Å². The van der Waals surface area contributed by atoms with Gasteiger partial charge >= 0.3 is 0 Å². The standard InChI is InChI=1S/2C34H20N2O.C34H20N2S.C30H18N2O/c1-2-9-22(10-3-1)32-33(35-29-17-16-21-8-4-5-11-26(21)34(29)36-32)24-15-14-23-20-31-28(19-25(23)18-24)27-12-6-7-13-30(27)37-31;2*1-2-9-22(10-3-1)32-33(36-34-26-11-5-4-8-21(26)16-17-29(34)35-32)24-15-14-23-20-31-28(19-25(23)18-24)27-12-6-7-13-30(27)37-31;1-2-8-19(9-3-1)29-30(32-26-12-6-5-11-25(26)31-29)21-15-14-20-18-28-24(17-22(20)16-21)23-10-4-7-13-27(23)33-28/h3*1-20H;1-18H. The minimum absolute atomic E-state index is 0.882. The molecule has 8 heterocycles. The van der Waals surface area contributed by atoms with Crippen molar-refractivity contribution in [3.8, 4) is 90.1 Å². The molecule has 0 bridgehead atoms.